The van der Waals surface area contributed by atoms with E-state index in [1.807, 2.05) is 0 Å². The number of rotatable bonds is 5. The van der Waals surface area contributed by atoms with Crippen LogP contribution in [0.25, 0.3) is 0 Å². The highest BCUT2D eigenvalue weighted by Crippen LogP contribution is 2.31. The SMILES string of the molecule is COC(=O)Cc1cccc(OS(=O)(=O)C(F)(F)F)c1C(=O)OC. The van der Waals surface area contributed by atoms with E-state index in [1.165, 1.54) is 6.07 Å². The van der Waals surface area contributed by atoms with Gasteiger partial charge in [-0.2, -0.15) is 21.6 Å². The number of carbonyl (C=O) groups is 2. The second-order valence-electron chi connectivity index (χ2n) is 4.02. The first-order chi connectivity index (χ1) is 10.5. The van der Waals surface area contributed by atoms with E-state index in [1.54, 1.807) is 0 Å². The summed E-state index contributed by atoms with van der Waals surface area (Å²) < 4.78 is 72.1. The summed E-state index contributed by atoms with van der Waals surface area (Å²) in [4.78, 5) is 23.0. The van der Waals surface area contributed by atoms with Crippen LogP contribution in [-0.4, -0.2) is 40.1 Å². The van der Waals surface area contributed by atoms with Crippen molar-refractivity contribution in [1.82, 2.24) is 0 Å². The molecule has 1 aromatic carbocycles. The quantitative estimate of drug-likeness (QED) is 0.447. The Morgan fingerprint density at radius 1 is 1.13 bits per heavy atom. The number of benzene rings is 1. The van der Waals surface area contributed by atoms with Gasteiger partial charge in [0.15, 0.2) is 5.75 Å². The van der Waals surface area contributed by atoms with Crippen molar-refractivity contribution in [3.05, 3.63) is 29.3 Å². The predicted octanol–water partition coefficient (Wildman–Crippen LogP) is 1.42. The molecular formula is C12H11F3O7S. The largest absolute Gasteiger partial charge is 0.534 e. The smallest absolute Gasteiger partial charge is 0.469 e. The summed E-state index contributed by atoms with van der Waals surface area (Å²) in [6.45, 7) is 0. The topological polar surface area (TPSA) is 96.0 Å². The molecule has 23 heavy (non-hydrogen) atoms. The van der Waals surface area contributed by atoms with Crippen LogP contribution in [-0.2, 0) is 30.8 Å². The van der Waals surface area contributed by atoms with E-state index >= 15 is 0 Å². The third kappa shape index (κ3) is 4.34. The minimum Gasteiger partial charge on any atom is -0.469 e. The zero-order valence-electron chi connectivity index (χ0n) is 11.8. The maximum Gasteiger partial charge on any atom is 0.534 e. The molecule has 7 nitrogen and oxygen atoms in total. The fourth-order valence-corrected chi connectivity index (χ4v) is 1.99. The van der Waals surface area contributed by atoms with Gasteiger partial charge < -0.3 is 13.7 Å². The first-order valence-electron chi connectivity index (χ1n) is 5.81. The van der Waals surface area contributed by atoms with Gasteiger partial charge in [0, 0.05) is 0 Å². The van der Waals surface area contributed by atoms with Crippen molar-refractivity contribution < 1.29 is 44.8 Å². The first kappa shape index (κ1) is 18.7. The maximum atomic E-state index is 12.4. The molecule has 0 amide bonds. The van der Waals surface area contributed by atoms with Crippen molar-refractivity contribution in [2.45, 2.75) is 11.9 Å². The molecule has 0 aliphatic heterocycles. The van der Waals surface area contributed by atoms with Gasteiger partial charge in [0.25, 0.3) is 0 Å². The molecule has 0 unspecified atom stereocenters. The van der Waals surface area contributed by atoms with E-state index in [-0.39, 0.29) is 5.56 Å². The van der Waals surface area contributed by atoms with E-state index in [9.17, 15) is 31.2 Å². The van der Waals surface area contributed by atoms with Gasteiger partial charge in [0.1, 0.15) is 5.56 Å². The lowest BCUT2D eigenvalue weighted by atomic mass is 10.0. The molecule has 0 spiro atoms. The van der Waals surface area contributed by atoms with Gasteiger partial charge >= 0.3 is 27.6 Å². The predicted molar refractivity (Wildman–Crippen MR) is 69.1 cm³/mol. The molecule has 0 aliphatic rings. The van der Waals surface area contributed by atoms with Gasteiger partial charge in [0.2, 0.25) is 0 Å². The van der Waals surface area contributed by atoms with Gasteiger partial charge in [-0.15, -0.1) is 0 Å². The molecule has 0 N–H and O–H groups in total. The van der Waals surface area contributed by atoms with Crippen LogP contribution in [0.15, 0.2) is 18.2 Å². The fourth-order valence-electron chi connectivity index (χ4n) is 1.52. The average molecular weight is 356 g/mol. The van der Waals surface area contributed by atoms with E-state index in [0.29, 0.717) is 0 Å². The summed E-state index contributed by atoms with van der Waals surface area (Å²) in [5.41, 5.74) is -6.41. The Kier molecular flexibility index (Phi) is 5.59. The molecule has 1 rings (SSSR count). The Balaban J connectivity index is 3.40. The summed E-state index contributed by atoms with van der Waals surface area (Å²) in [5, 5.41) is 0. The number of alkyl halides is 3. The lowest BCUT2D eigenvalue weighted by Gasteiger charge is -2.14. The number of hydrogen-bond acceptors (Lipinski definition) is 7. The molecule has 0 atom stereocenters. The van der Waals surface area contributed by atoms with Crippen LogP contribution >= 0.6 is 0 Å². The minimum absolute atomic E-state index is 0.112. The van der Waals surface area contributed by atoms with Gasteiger partial charge in [-0.25, -0.2) is 4.79 Å². The molecule has 0 saturated heterocycles. The van der Waals surface area contributed by atoms with Crippen LogP contribution in [0.4, 0.5) is 13.2 Å². The summed E-state index contributed by atoms with van der Waals surface area (Å²) in [6.07, 6.45) is -0.496. The Morgan fingerprint density at radius 2 is 1.74 bits per heavy atom. The molecule has 11 heteroatoms. The van der Waals surface area contributed by atoms with Crippen LogP contribution in [0.5, 0.6) is 5.75 Å². The highest BCUT2D eigenvalue weighted by Gasteiger charge is 2.49. The van der Waals surface area contributed by atoms with Crippen LogP contribution in [0.2, 0.25) is 0 Å². The number of hydrogen-bond donors (Lipinski definition) is 0. The zero-order chi connectivity index (χ0) is 17.8. The Bertz CT molecular complexity index is 710. The van der Waals surface area contributed by atoms with Crippen LogP contribution < -0.4 is 4.18 Å². The number of halogens is 3. The summed E-state index contributed by atoms with van der Waals surface area (Å²) in [5.74, 6) is -2.88. The van der Waals surface area contributed by atoms with E-state index in [4.69, 9.17) is 0 Å². The van der Waals surface area contributed by atoms with Crippen molar-refractivity contribution in [3.8, 4) is 5.75 Å². The molecule has 128 valence electrons. The third-order valence-corrected chi connectivity index (χ3v) is 3.51. The molecule has 1 aromatic rings. The van der Waals surface area contributed by atoms with E-state index < -0.39 is 45.3 Å². The Morgan fingerprint density at radius 3 is 2.22 bits per heavy atom. The van der Waals surface area contributed by atoms with Crippen LogP contribution in [0.3, 0.4) is 0 Å². The van der Waals surface area contributed by atoms with E-state index in [2.05, 4.69) is 13.7 Å². The number of esters is 2. The molecule has 0 bridgehead atoms. The number of ether oxygens (including phenoxy) is 2. The summed E-state index contributed by atoms with van der Waals surface area (Å²) in [7, 11) is -4.00. The molecule has 0 saturated carbocycles. The van der Waals surface area contributed by atoms with Crippen molar-refractivity contribution in [3.63, 3.8) is 0 Å². The summed E-state index contributed by atoms with van der Waals surface area (Å²) >= 11 is 0. The van der Waals surface area contributed by atoms with E-state index in [0.717, 1.165) is 26.4 Å². The molecule has 0 radical (unpaired) electrons. The van der Waals surface area contributed by atoms with Gasteiger partial charge in [-0.3, -0.25) is 4.79 Å². The lowest BCUT2D eigenvalue weighted by Crippen LogP contribution is -2.29. The van der Waals surface area contributed by atoms with Crippen LogP contribution in [0.1, 0.15) is 15.9 Å². The third-order valence-electron chi connectivity index (χ3n) is 2.55. The second kappa shape index (κ2) is 6.86. The lowest BCUT2D eigenvalue weighted by molar-refractivity contribution is -0.139. The summed E-state index contributed by atoms with van der Waals surface area (Å²) in [6, 6.07) is 3.17. The van der Waals surface area contributed by atoms with Crippen molar-refractivity contribution >= 4 is 22.1 Å². The van der Waals surface area contributed by atoms with Gasteiger partial charge in [0.05, 0.1) is 20.6 Å². The van der Waals surface area contributed by atoms with Gasteiger partial charge in [-0.1, -0.05) is 12.1 Å². The standard InChI is InChI=1S/C12H11F3O7S/c1-20-9(16)6-7-4-3-5-8(10(7)11(17)21-2)22-23(18,19)12(13,14)15/h3-5H,6H2,1-2H3. The van der Waals surface area contributed by atoms with Crippen molar-refractivity contribution in [2.75, 3.05) is 14.2 Å². The van der Waals surface area contributed by atoms with Crippen molar-refractivity contribution in [2.24, 2.45) is 0 Å². The highest BCUT2D eigenvalue weighted by molar-refractivity contribution is 7.88. The monoisotopic (exact) mass is 356 g/mol. The number of carbonyl (C=O) groups excluding carboxylic acids is 2. The highest BCUT2D eigenvalue weighted by atomic mass is 32.2. The van der Waals surface area contributed by atoms with Crippen molar-refractivity contribution in [1.29, 1.82) is 0 Å². The van der Waals surface area contributed by atoms with Crippen LogP contribution in [0, 0.1) is 0 Å². The minimum atomic E-state index is -5.99. The normalized spacial score (nSPS) is 11.7. The number of methoxy groups -OCH3 is 2. The molecule has 0 heterocycles. The first-order valence-corrected chi connectivity index (χ1v) is 7.22. The fraction of sp³-hybridized carbons (Fsp3) is 0.333. The molecule has 0 aromatic heterocycles. The molecule has 0 aliphatic carbocycles. The van der Waals surface area contributed by atoms with Gasteiger partial charge in [-0.05, 0) is 11.6 Å². The zero-order valence-corrected chi connectivity index (χ0v) is 12.7. The molecule has 0 fully saturated rings. The maximum absolute atomic E-state index is 12.4. The molecular weight excluding hydrogens is 345 g/mol. The Hall–Kier alpha value is -2.30. The average Bonchev–Trinajstić information content (AvgIpc) is 2.45. The Labute approximate surface area is 129 Å². The second-order valence-corrected chi connectivity index (χ2v) is 5.56.